The van der Waals surface area contributed by atoms with Gasteiger partial charge in [-0.05, 0) is 34.2 Å². The third kappa shape index (κ3) is 2.24. The van der Waals surface area contributed by atoms with Crippen molar-refractivity contribution in [3.05, 3.63) is 11.0 Å². The van der Waals surface area contributed by atoms with E-state index in [1.54, 1.807) is 0 Å². The van der Waals surface area contributed by atoms with Crippen LogP contribution < -0.4 is 0 Å². The average molecular weight is 324 g/mol. The van der Waals surface area contributed by atoms with Gasteiger partial charge in [-0.2, -0.15) is 0 Å². The summed E-state index contributed by atoms with van der Waals surface area (Å²) in [5.41, 5.74) is 1.84. The minimum Gasteiger partial charge on any atom is -0.440 e. The van der Waals surface area contributed by atoms with Crippen LogP contribution in [-0.2, 0) is 9.53 Å². The van der Waals surface area contributed by atoms with Crippen LogP contribution in [0.25, 0.3) is 0 Å². The predicted octanol–water partition coefficient (Wildman–Crippen LogP) is 2.11. The van der Waals surface area contributed by atoms with Crippen LogP contribution in [0.1, 0.15) is 26.2 Å². The Balaban J connectivity index is 2.84. The van der Waals surface area contributed by atoms with Crippen molar-refractivity contribution in [2.24, 2.45) is 0 Å². The molecule has 5 heteroatoms. The second-order valence-electron chi connectivity index (χ2n) is 3.46. The Morgan fingerprint density at radius 1 is 1.57 bits per heavy atom. The van der Waals surface area contributed by atoms with Gasteiger partial charge in [0.15, 0.2) is 4.51 Å². The fourth-order valence-electron chi connectivity index (χ4n) is 1.43. The fourth-order valence-corrected chi connectivity index (χ4v) is 2.36. The van der Waals surface area contributed by atoms with Crippen LogP contribution in [0.2, 0.25) is 0 Å². The van der Waals surface area contributed by atoms with E-state index in [4.69, 9.17) is 4.74 Å². The first-order valence-corrected chi connectivity index (χ1v) is 6.65. The van der Waals surface area contributed by atoms with Crippen molar-refractivity contribution in [3.8, 4) is 0 Å². The fraction of sp³-hybridized carbons (Fsp3) is 0.667. The van der Waals surface area contributed by atoms with Crippen LogP contribution in [-0.4, -0.2) is 23.7 Å². The molecule has 0 bridgehead atoms. The molecule has 78 valence electrons. The van der Waals surface area contributed by atoms with E-state index in [0.717, 1.165) is 30.3 Å². The quantitative estimate of drug-likeness (QED) is 0.450. The summed E-state index contributed by atoms with van der Waals surface area (Å²) in [6, 6.07) is 0. The summed E-state index contributed by atoms with van der Waals surface area (Å²) in [6.45, 7) is 2.11. The van der Waals surface area contributed by atoms with E-state index in [-0.39, 0.29) is 5.97 Å². The lowest BCUT2D eigenvalue weighted by molar-refractivity contribution is -0.140. The van der Waals surface area contributed by atoms with E-state index >= 15 is 0 Å². The Morgan fingerprint density at radius 3 is 2.64 bits per heavy atom. The molecule has 0 aromatic rings. The molecule has 1 aliphatic heterocycles. The third-order valence-electron chi connectivity index (χ3n) is 2.47. The number of alkyl halides is 2. The predicted molar refractivity (Wildman–Crippen MR) is 66.6 cm³/mol. The summed E-state index contributed by atoms with van der Waals surface area (Å²) in [7, 11) is 1.95. The monoisotopic (exact) mass is 322 g/mol. The van der Waals surface area contributed by atoms with Gasteiger partial charge < -0.3 is 4.74 Å². The van der Waals surface area contributed by atoms with E-state index in [2.05, 4.69) is 38.8 Å². The highest BCUT2D eigenvalue weighted by molar-refractivity contribution is 9.12. The number of carbonyl (C=O) groups excluding carboxylic acids is 1. The van der Waals surface area contributed by atoms with Gasteiger partial charge in [0, 0.05) is 5.57 Å². The van der Waals surface area contributed by atoms with Crippen LogP contribution in [0.5, 0.6) is 0 Å². The van der Waals surface area contributed by atoms with E-state index in [9.17, 15) is 4.79 Å². The van der Waals surface area contributed by atoms with Crippen molar-refractivity contribution in [1.82, 2.24) is 0 Å². The van der Waals surface area contributed by atoms with Gasteiger partial charge in [0.2, 0.25) is 0 Å². The van der Waals surface area contributed by atoms with Gasteiger partial charge in [0.25, 0.3) is 0 Å². The van der Waals surface area contributed by atoms with Gasteiger partial charge in [-0.3, -0.25) is 0 Å². The largest absolute Gasteiger partial charge is 0.440 e. The molecular weight excluding hydrogens is 311 g/mol. The number of unbranched alkanes of at least 4 members (excludes halogenated alkanes) is 1. The number of halogens is 2. The standard InChI is InChI=1S/C9H13BBr2O2/c1-2-3-4-6-7(10)9(12,5-11)14-8(6)13/h2-5,10H2,1H3. The zero-order valence-corrected chi connectivity index (χ0v) is 11.6. The maximum absolute atomic E-state index is 11.5. The highest BCUT2D eigenvalue weighted by atomic mass is 79.9. The van der Waals surface area contributed by atoms with Gasteiger partial charge in [-0.25, -0.2) is 4.79 Å². The van der Waals surface area contributed by atoms with E-state index in [1.165, 1.54) is 0 Å². The van der Waals surface area contributed by atoms with Gasteiger partial charge in [-0.1, -0.05) is 29.3 Å². The molecule has 1 unspecified atom stereocenters. The highest BCUT2D eigenvalue weighted by Gasteiger charge is 2.41. The van der Waals surface area contributed by atoms with Crippen LogP contribution >= 0.6 is 31.9 Å². The Morgan fingerprint density at radius 2 is 2.21 bits per heavy atom. The van der Waals surface area contributed by atoms with Crippen molar-refractivity contribution in [3.63, 3.8) is 0 Å². The van der Waals surface area contributed by atoms with Crippen molar-refractivity contribution in [1.29, 1.82) is 0 Å². The van der Waals surface area contributed by atoms with Gasteiger partial charge in [0.1, 0.15) is 7.85 Å². The number of rotatable bonds is 4. The topological polar surface area (TPSA) is 26.3 Å². The Hall–Kier alpha value is 0.235. The summed E-state index contributed by atoms with van der Waals surface area (Å²) >= 11 is 6.77. The summed E-state index contributed by atoms with van der Waals surface area (Å²) in [4.78, 5) is 11.5. The molecule has 0 N–H and O–H groups in total. The summed E-state index contributed by atoms with van der Waals surface area (Å²) in [6.07, 6.45) is 2.95. The second-order valence-corrected chi connectivity index (χ2v) is 5.30. The molecule has 0 saturated carbocycles. The van der Waals surface area contributed by atoms with Crippen molar-refractivity contribution in [2.75, 3.05) is 5.33 Å². The number of cyclic esters (lactones) is 1. The lowest BCUT2D eigenvalue weighted by atomic mass is 9.86. The minimum absolute atomic E-state index is 0.174. The maximum atomic E-state index is 11.5. The Labute approximate surface area is 102 Å². The first-order valence-electron chi connectivity index (χ1n) is 4.73. The molecule has 0 amide bonds. The lowest BCUT2D eigenvalue weighted by Gasteiger charge is -2.19. The number of carbonyl (C=O) groups is 1. The lowest BCUT2D eigenvalue weighted by Crippen LogP contribution is -2.26. The molecule has 1 heterocycles. The third-order valence-corrected chi connectivity index (χ3v) is 5.04. The van der Waals surface area contributed by atoms with Crippen molar-refractivity contribution in [2.45, 2.75) is 30.7 Å². The number of esters is 1. The first-order chi connectivity index (χ1) is 6.55. The molecule has 2 nitrogen and oxygen atoms in total. The van der Waals surface area contributed by atoms with E-state index < -0.39 is 4.51 Å². The molecule has 0 fully saturated rings. The smallest absolute Gasteiger partial charge is 0.334 e. The van der Waals surface area contributed by atoms with Crippen LogP contribution in [0.15, 0.2) is 11.0 Å². The Bertz CT molecular complexity index is 278. The van der Waals surface area contributed by atoms with Gasteiger partial charge >= 0.3 is 5.97 Å². The maximum Gasteiger partial charge on any atom is 0.334 e. The average Bonchev–Trinajstić information content (AvgIpc) is 2.37. The molecule has 0 saturated heterocycles. The summed E-state index contributed by atoms with van der Waals surface area (Å²) in [5, 5.41) is 0.590. The number of hydrogen-bond donors (Lipinski definition) is 0. The minimum atomic E-state index is -0.604. The molecule has 1 atom stereocenters. The summed E-state index contributed by atoms with van der Waals surface area (Å²) in [5.74, 6) is -0.174. The zero-order chi connectivity index (χ0) is 10.8. The van der Waals surface area contributed by atoms with E-state index in [1.807, 2.05) is 7.85 Å². The van der Waals surface area contributed by atoms with Gasteiger partial charge in [0.05, 0.1) is 5.33 Å². The highest BCUT2D eigenvalue weighted by Crippen LogP contribution is 2.39. The number of hydrogen-bond acceptors (Lipinski definition) is 2. The van der Waals surface area contributed by atoms with Crippen LogP contribution in [0.3, 0.4) is 0 Å². The van der Waals surface area contributed by atoms with Crippen LogP contribution in [0, 0.1) is 0 Å². The summed E-state index contributed by atoms with van der Waals surface area (Å²) < 4.78 is 4.67. The second kappa shape index (κ2) is 4.84. The zero-order valence-electron chi connectivity index (χ0n) is 8.40. The molecule has 0 radical (unpaired) electrons. The molecule has 0 spiro atoms. The molecule has 0 aromatic heterocycles. The van der Waals surface area contributed by atoms with E-state index in [0.29, 0.717) is 5.33 Å². The molecular formula is C9H13BBr2O2. The van der Waals surface area contributed by atoms with Crippen molar-refractivity contribution < 1.29 is 9.53 Å². The normalized spacial score (nSPS) is 26.9. The van der Waals surface area contributed by atoms with Crippen molar-refractivity contribution >= 4 is 45.7 Å². The number of ether oxygens (including phenoxy) is 1. The SMILES string of the molecule is BC1=C(CCCC)C(=O)OC1(Br)CBr. The van der Waals surface area contributed by atoms with Gasteiger partial charge in [-0.15, -0.1) is 0 Å². The molecule has 0 aromatic carbocycles. The van der Waals surface area contributed by atoms with Crippen LogP contribution in [0.4, 0.5) is 0 Å². The molecule has 14 heavy (non-hydrogen) atoms. The Kier molecular flexibility index (Phi) is 4.25. The molecule has 1 rings (SSSR count). The molecule has 0 aliphatic carbocycles. The first kappa shape index (κ1) is 12.3. The molecule has 1 aliphatic rings.